The molecular weight excluding hydrogens is 294 g/mol. The summed E-state index contributed by atoms with van der Waals surface area (Å²) in [5, 5.41) is 0. The highest BCUT2D eigenvalue weighted by Crippen LogP contribution is 2.29. The van der Waals surface area contributed by atoms with Crippen LogP contribution in [0.1, 0.15) is 5.56 Å². The third-order valence-corrected chi connectivity index (χ3v) is 3.31. The Hall–Kier alpha value is -3.08. The summed E-state index contributed by atoms with van der Waals surface area (Å²) < 4.78 is 9.64. The number of para-hydroxylation sites is 1. The normalized spacial score (nSPS) is 13.6. The molecule has 0 bridgehead atoms. The maximum Gasteiger partial charge on any atom is 0.355 e. The predicted molar refractivity (Wildman–Crippen MR) is 88.4 cm³/mol. The van der Waals surface area contributed by atoms with Crippen molar-refractivity contribution >= 4 is 23.7 Å². The van der Waals surface area contributed by atoms with E-state index in [4.69, 9.17) is 9.47 Å². The molecule has 0 aliphatic carbocycles. The first kappa shape index (κ1) is 16.3. The average Bonchev–Trinajstić information content (AvgIpc) is 2.83. The fourth-order valence-corrected chi connectivity index (χ4v) is 2.23. The number of esters is 2. The number of benzene rings is 1. The van der Waals surface area contributed by atoms with Crippen LogP contribution in [0.3, 0.4) is 0 Å². The van der Waals surface area contributed by atoms with Crippen LogP contribution in [0.5, 0.6) is 0 Å². The monoisotopic (exact) mass is 311 g/mol. The van der Waals surface area contributed by atoms with E-state index in [1.807, 2.05) is 24.3 Å². The molecule has 0 saturated carbocycles. The quantitative estimate of drug-likeness (QED) is 0.800. The number of carbonyl (C=O) groups excluding carboxylic acids is 2. The van der Waals surface area contributed by atoms with Crippen molar-refractivity contribution in [2.24, 2.45) is 0 Å². The van der Waals surface area contributed by atoms with E-state index in [-0.39, 0.29) is 11.3 Å². The van der Waals surface area contributed by atoms with Crippen LogP contribution in [-0.4, -0.2) is 26.2 Å². The maximum atomic E-state index is 12.3. The lowest BCUT2D eigenvalue weighted by Crippen LogP contribution is -2.27. The highest BCUT2D eigenvalue weighted by molar-refractivity contribution is 6.05. The summed E-state index contributed by atoms with van der Waals surface area (Å²) in [6.45, 7) is 3.78. The van der Waals surface area contributed by atoms with Crippen LogP contribution in [0.4, 0.5) is 5.69 Å². The number of ether oxygens (including phenoxy) is 2. The lowest BCUT2D eigenvalue weighted by molar-refractivity contribution is -0.139. The zero-order valence-electron chi connectivity index (χ0n) is 13.0. The second-order valence-electron chi connectivity index (χ2n) is 4.58. The zero-order chi connectivity index (χ0) is 16.8. The molecule has 1 heterocycles. The van der Waals surface area contributed by atoms with Crippen LogP contribution in [0.15, 0.2) is 66.5 Å². The van der Waals surface area contributed by atoms with Crippen molar-refractivity contribution < 1.29 is 19.1 Å². The van der Waals surface area contributed by atoms with Gasteiger partial charge in [-0.2, -0.15) is 0 Å². The molecule has 0 aromatic heterocycles. The largest absolute Gasteiger partial charge is 0.465 e. The van der Waals surface area contributed by atoms with Gasteiger partial charge in [-0.1, -0.05) is 36.9 Å². The minimum Gasteiger partial charge on any atom is -0.465 e. The summed E-state index contributed by atoms with van der Waals surface area (Å²) in [4.78, 5) is 26.0. The van der Waals surface area contributed by atoms with Crippen LogP contribution < -0.4 is 4.90 Å². The second-order valence-corrected chi connectivity index (χ2v) is 4.58. The third-order valence-electron chi connectivity index (χ3n) is 3.31. The van der Waals surface area contributed by atoms with E-state index in [1.54, 1.807) is 29.3 Å². The van der Waals surface area contributed by atoms with Crippen LogP contribution in [-0.2, 0) is 19.1 Å². The Morgan fingerprint density at radius 3 is 2.43 bits per heavy atom. The third kappa shape index (κ3) is 3.23. The molecule has 1 aliphatic heterocycles. The van der Waals surface area contributed by atoms with Gasteiger partial charge < -0.3 is 14.4 Å². The van der Waals surface area contributed by atoms with E-state index in [2.05, 4.69) is 6.58 Å². The number of anilines is 1. The molecule has 2 rings (SSSR count). The predicted octanol–water partition coefficient (Wildman–Crippen LogP) is 2.82. The van der Waals surface area contributed by atoms with E-state index in [0.29, 0.717) is 5.69 Å². The number of allylic oxidation sites excluding steroid dienone is 2. The Morgan fingerprint density at radius 2 is 1.78 bits per heavy atom. The fourth-order valence-electron chi connectivity index (χ4n) is 2.23. The molecule has 0 unspecified atom stereocenters. The molecule has 0 atom stereocenters. The van der Waals surface area contributed by atoms with Gasteiger partial charge in [-0.15, -0.1) is 0 Å². The molecule has 5 heteroatoms. The molecule has 23 heavy (non-hydrogen) atoms. The van der Waals surface area contributed by atoms with E-state index in [9.17, 15) is 9.59 Å². The average molecular weight is 311 g/mol. The number of nitrogens with zero attached hydrogens (tertiary/aromatic N) is 1. The van der Waals surface area contributed by atoms with Crippen LogP contribution >= 0.6 is 0 Å². The van der Waals surface area contributed by atoms with Gasteiger partial charge in [0.2, 0.25) is 0 Å². The molecular formula is C18H17NO4. The van der Waals surface area contributed by atoms with Gasteiger partial charge in [0, 0.05) is 6.20 Å². The maximum absolute atomic E-state index is 12.3. The lowest BCUT2D eigenvalue weighted by atomic mass is 10.1. The van der Waals surface area contributed by atoms with Gasteiger partial charge >= 0.3 is 11.9 Å². The van der Waals surface area contributed by atoms with E-state index >= 15 is 0 Å². The molecule has 1 aromatic carbocycles. The van der Waals surface area contributed by atoms with Crippen molar-refractivity contribution in [1.82, 2.24) is 0 Å². The molecule has 1 aromatic rings. The summed E-state index contributed by atoms with van der Waals surface area (Å²) >= 11 is 0. The standard InChI is InChI=1S/C18H17NO4/c1-4-13-9-5-6-11-15(13)19-12-8-7-10-14(17(20)22-2)16(19)18(21)23-3/h4-12H,1H2,2-3H3. The molecule has 118 valence electrons. The number of methoxy groups -OCH3 is 2. The Morgan fingerprint density at radius 1 is 1.09 bits per heavy atom. The Bertz CT molecular complexity index is 728. The number of rotatable bonds is 4. The lowest BCUT2D eigenvalue weighted by Gasteiger charge is -2.24. The molecule has 0 saturated heterocycles. The van der Waals surface area contributed by atoms with E-state index in [0.717, 1.165) is 5.56 Å². The Labute approximate surface area is 134 Å². The van der Waals surface area contributed by atoms with Crippen molar-refractivity contribution in [3.63, 3.8) is 0 Å². The zero-order valence-corrected chi connectivity index (χ0v) is 13.0. The first-order valence-corrected chi connectivity index (χ1v) is 6.90. The first-order valence-electron chi connectivity index (χ1n) is 6.90. The second kappa shape index (κ2) is 7.26. The van der Waals surface area contributed by atoms with Gasteiger partial charge in [-0.25, -0.2) is 9.59 Å². The van der Waals surface area contributed by atoms with E-state index in [1.165, 1.54) is 20.3 Å². The van der Waals surface area contributed by atoms with Crippen molar-refractivity contribution in [1.29, 1.82) is 0 Å². The summed E-state index contributed by atoms with van der Waals surface area (Å²) in [5.74, 6) is -1.26. The summed E-state index contributed by atoms with van der Waals surface area (Å²) in [7, 11) is 2.53. The highest BCUT2D eigenvalue weighted by atomic mass is 16.5. The van der Waals surface area contributed by atoms with E-state index < -0.39 is 11.9 Å². The number of hydrogen-bond acceptors (Lipinski definition) is 5. The molecule has 0 spiro atoms. The van der Waals surface area contributed by atoms with Gasteiger partial charge in [-0.05, 0) is 23.8 Å². The number of hydrogen-bond donors (Lipinski definition) is 0. The van der Waals surface area contributed by atoms with Crippen molar-refractivity contribution in [2.45, 2.75) is 0 Å². The van der Waals surface area contributed by atoms with Crippen molar-refractivity contribution in [2.75, 3.05) is 19.1 Å². The molecule has 5 nitrogen and oxygen atoms in total. The minimum absolute atomic E-state index is 0.0821. The first-order chi connectivity index (χ1) is 11.1. The Balaban J connectivity index is 2.71. The van der Waals surface area contributed by atoms with Crippen molar-refractivity contribution in [3.8, 4) is 0 Å². The smallest absolute Gasteiger partial charge is 0.355 e. The highest BCUT2D eigenvalue weighted by Gasteiger charge is 2.28. The van der Waals surface area contributed by atoms with Crippen LogP contribution in [0.2, 0.25) is 0 Å². The fraction of sp³-hybridized carbons (Fsp3) is 0.111. The summed E-state index contributed by atoms with van der Waals surface area (Å²) in [5.41, 5.74) is 1.70. The van der Waals surface area contributed by atoms with Gasteiger partial charge in [-0.3, -0.25) is 0 Å². The summed E-state index contributed by atoms with van der Waals surface area (Å²) in [6, 6.07) is 7.38. The number of carbonyl (C=O) groups is 2. The molecule has 0 amide bonds. The molecule has 0 fully saturated rings. The van der Waals surface area contributed by atoms with Gasteiger partial charge in [0.1, 0.15) is 5.70 Å². The Kier molecular flexibility index (Phi) is 5.15. The molecule has 0 N–H and O–H groups in total. The minimum atomic E-state index is -0.638. The van der Waals surface area contributed by atoms with Crippen molar-refractivity contribution in [3.05, 3.63) is 72.1 Å². The van der Waals surface area contributed by atoms with Gasteiger partial charge in [0.05, 0.1) is 25.5 Å². The SMILES string of the molecule is C=Cc1ccccc1N1C=CC=CC(C(=O)OC)=C1C(=O)OC. The summed E-state index contributed by atoms with van der Waals surface area (Å²) in [6.07, 6.45) is 8.25. The topological polar surface area (TPSA) is 55.8 Å². The molecule has 1 aliphatic rings. The van der Waals surface area contributed by atoms with Crippen LogP contribution in [0.25, 0.3) is 6.08 Å². The van der Waals surface area contributed by atoms with Crippen LogP contribution in [0, 0.1) is 0 Å². The molecule has 0 radical (unpaired) electrons. The van der Waals surface area contributed by atoms with Gasteiger partial charge in [0.25, 0.3) is 0 Å². The van der Waals surface area contributed by atoms with Gasteiger partial charge in [0.15, 0.2) is 0 Å².